The van der Waals surface area contributed by atoms with E-state index in [1.54, 1.807) is 11.8 Å². The molecular weight excluding hydrogens is 568 g/mol. The van der Waals surface area contributed by atoms with Gasteiger partial charge in [-0.05, 0) is 29.7 Å². The first-order valence-corrected chi connectivity index (χ1v) is 14.8. The van der Waals surface area contributed by atoms with Gasteiger partial charge in [-0.25, -0.2) is 9.48 Å². The van der Waals surface area contributed by atoms with Crippen LogP contribution >= 0.6 is 11.8 Å². The lowest BCUT2D eigenvalue weighted by Gasteiger charge is -2.47. The van der Waals surface area contributed by atoms with E-state index in [2.05, 4.69) is 26.2 Å². The number of hydrogen-bond donors (Lipinski definition) is 6. The van der Waals surface area contributed by atoms with Gasteiger partial charge in [0.15, 0.2) is 0 Å². The number of aliphatic hydroxyl groups is 1. The minimum absolute atomic E-state index is 0.0295. The third kappa shape index (κ3) is 5.59. The van der Waals surface area contributed by atoms with E-state index in [0.717, 1.165) is 0 Å². The highest BCUT2D eigenvalue weighted by molar-refractivity contribution is 8.03. The molecule has 16 nitrogen and oxygen atoms in total. The molecule has 5 heterocycles. The molecular formula is C25H36N10O6S. The summed E-state index contributed by atoms with van der Waals surface area (Å²) in [6.07, 6.45) is 2.12. The van der Waals surface area contributed by atoms with E-state index >= 15 is 0 Å². The zero-order valence-corrected chi connectivity index (χ0v) is 24.2. The quantitative estimate of drug-likeness (QED) is 0.0898. The summed E-state index contributed by atoms with van der Waals surface area (Å²) in [6, 6.07) is -1.39. The Morgan fingerprint density at radius 1 is 1.31 bits per heavy atom. The number of carbonyl (C=O) groups is 4. The Balaban J connectivity index is 1.21. The first-order chi connectivity index (χ1) is 20.0. The standard InChI is InChI=1S/C25H36N10O6S/c1-11-20-19(12(2)30-18(37)8-34-10-29-31-32-34)24(39)35(20)21(25(40)41)22(11)42-15-4-16(28-5-15)23(38)33-6-13(3-17(26)27)14(7-33)9-36/h10-16,19-20,28,36H,3-9H2,1-2H3,(H3,26,27)(H,30,37)(H,40,41)/t11-,12-,13-,14+,15+,16+,19-,20-/m1/s1. The summed E-state index contributed by atoms with van der Waals surface area (Å²) in [7, 11) is 0. The van der Waals surface area contributed by atoms with Crippen LogP contribution in [0.25, 0.3) is 0 Å². The minimum Gasteiger partial charge on any atom is -0.477 e. The number of carbonyl (C=O) groups excluding carboxylic acids is 3. The second-order valence-electron chi connectivity index (χ2n) is 11.5. The summed E-state index contributed by atoms with van der Waals surface area (Å²) in [5, 5.41) is 44.0. The van der Waals surface area contributed by atoms with Crippen LogP contribution in [0.3, 0.4) is 0 Å². The van der Waals surface area contributed by atoms with Gasteiger partial charge in [0, 0.05) is 60.7 Å². The molecule has 3 amide bonds. The van der Waals surface area contributed by atoms with Crippen LogP contribution in [0, 0.1) is 29.1 Å². The number of aliphatic carboxylic acids is 1. The maximum absolute atomic E-state index is 13.3. The van der Waals surface area contributed by atoms with Crippen molar-refractivity contribution in [3.8, 4) is 0 Å². The fraction of sp³-hybridized carbons (Fsp3) is 0.680. The predicted molar refractivity (Wildman–Crippen MR) is 148 cm³/mol. The number of hydrogen-bond acceptors (Lipinski definition) is 11. The number of carboxylic acids is 1. The maximum atomic E-state index is 13.3. The SMILES string of the molecule is C[C@@H](NC(=O)Cn1cnnn1)[C@H]1C(=O)N2C(C(=O)O)=C(S[C@@H]3CN[C@H](C(=O)N4C[C@@H](CO)[C@H](CC(=N)N)C4)C3)[C@H](C)[C@H]12. The lowest BCUT2D eigenvalue weighted by atomic mass is 9.78. The first-order valence-electron chi connectivity index (χ1n) is 13.9. The molecule has 1 aromatic heterocycles. The highest BCUT2D eigenvalue weighted by atomic mass is 32.2. The van der Waals surface area contributed by atoms with Crippen molar-refractivity contribution < 1.29 is 29.4 Å². The summed E-state index contributed by atoms with van der Waals surface area (Å²) in [5.41, 5.74) is 5.53. The van der Waals surface area contributed by atoms with Gasteiger partial charge in [-0.15, -0.1) is 16.9 Å². The third-order valence-corrected chi connectivity index (χ3v) is 10.2. The third-order valence-electron chi connectivity index (χ3n) is 8.70. The van der Waals surface area contributed by atoms with E-state index in [4.69, 9.17) is 11.1 Å². The number of tetrazole rings is 1. The molecule has 42 heavy (non-hydrogen) atoms. The average Bonchev–Trinajstić information content (AvgIpc) is 3.71. The first kappa shape index (κ1) is 29.9. The zero-order chi connectivity index (χ0) is 30.3. The Bertz CT molecular complexity index is 1290. The number of fused-ring (bicyclic) bond motifs is 1. The van der Waals surface area contributed by atoms with Crippen LogP contribution in [0.2, 0.25) is 0 Å². The fourth-order valence-corrected chi connectivity index (χ4v) is 8.18. The van der Waals surface area contributed by atoms with Crippen LogP contribution in [-0.4, -0.2) is 119 Å². The molecule has 0 radical (unpaired) electrons. The van der Waals surface area contributed by atoms with E-state index in [1.807, 2.05) is 6.92 Å². The molecule has 228 valence electrons. The monoisotopic (exact) mass is 604 g/mol. The number of amides is 3. The number of rotatable bonds is 11. The Morgan fingerprint density at radius 3 is 2.69 bits per heavy atom. The molecule has 0 aliphatic carbocycles. The lowest BCUT2D eigenvalue weighted by Crippen LogP contribution is -2.66. The number of carboxylic acid groups (broad SMARTS) is 1. The number of likely N-dealkylation sites (tertiary alicyclic amines) is 1. The zero-order valence-electron chi connectivity index (χ0n) is 23.3. The molecule has 1 aromatic rings. The van der Waals surface area contributed by atoms with E-state index in [0.29, 0.717) is 37.4 Å². The van der Waals surface area contributed by atoms with Crippen LogP contribution in [-0.2, 0) is 25.7 Å². The predicted octanol–water partition coefficient (Wildman–Crippen LogP) is -2.19. The topological polar surface area (TPSA) is 233 Å². The number of thioether (sulfide) groups is 1. The van der Waals surface area contributed by atoms with Crippen molar-refractivity contribution in [1.29, 1.82) is 5.41 Å². The van der Waals surface area contributed by atoms with Crippen molar-refractivity contribution in [3.05, 3.63) is 16.9 Å². The smallest absolute Gasteiger partial charge is 0.353 e. The van der Waals surface area contributed by atoms with Gasteiger partial charge in [-0.1, -0.05) is 6.92 Å². The van der Waals surface area contributed by atoms with Crippen LogP contribution in [0.1, 0.15) is 26.7 Å². The molecule has 4 aliphatic heterocycles. The van der Waals surface area contributed by atoms with Crippen molar-refractivity contribution in [2.75, 3.05) is 26.2 Å². The Morgan fingerprint density at radius 2 is 2.05 bits per heavy atom. The molecule has 0 bridgehead atoms. The van der Waals surface area contributed by atoms with Crippen molar-refractivity contribution >= 4 is 41.3 Å². The number of aromatic nitrogens is 4. The van der Waals surface area contributed by atoms with Gasteiger partial charge in [0.1, 0.15) is 18.6 Å². The van der Waals surface area contributed by atoms with E-state index in [1.165, 1.54) is 27.7 Å². The Kier molecular flexibility index (Phi) is 8.52. The average molecular weight is 605 g/mol. The Hall–Kier alpha value is -3.57. The van der Waals surface area contributed by atoms with Crippen LogP contribution in [0.5, 0.6) is 0 Å². The van der Waals surface area contributed by atoms with E-state index in [-0.39, 0.29) is 65.4 Å². The van der Waals surface area contributed by atoms with Gasteiger partial charge in [-0.3, -0.25) is 19.8 Å². The molecule has 17 heteroatoms. The molecule has 0 unspecified atom stereocenters. The fourth-order valence-electron chi connectivity index (χ4n) is 6.71. The van der Waals surface area contributed by atoms with Gasteiger partial charge in [0.05, 0.1) is 23.8 Å². The second kappa shape index (κ2) is 12.0. The van der Waals surface area contributed by atoms with Crippen molar-refractivity contribution in [2.24, 2.45) is 29.4 Å². The highest BCUT2D eigenvalue weighted by Gasteiger charge is 2.60. The highest BCUT2D eigenvalue weighted by Crippen LogP contribution is 2.52. The molecule has 3 saturated heterocycles. The molecule has 0 saturated carbocycles. The maximum Gasteiger partial charge on any atom is 0.353 e. The van der Waals surface area contributed by atoms with Crippen molar-refractivity contribution in [3.63, 3.8) is 0 Å². The molecule has 4 aliphatic rings. The summed E-state index contributed by atoms with van der Waals surface area (Å²) >= 11 is 1.39. The lowest BCUT2D eigenvalue weighted by molar-refractivity contribution is -0.158. The number of nitrogens with one attached hydrogen (secondary N) is 3. The summed E-state index contributed by atoms with van der Waals surface area (Å²) in [4.78, 5) is 54.9. The van der Waals surface area contributed by atoms with Crippen LogP contribution < -0.4 is 16.4 Å². The van der Waals surface area contributed by atoms with Crippen molar-refractivity contribution in [1.82, 2.24) is 40.6 Å². The molecule has 7 N–H and O–H groups in total. The van der Waals surface area contributed by atoms with Gasteiger partial charge in [-0.2, -0.15) is 0 Å². The Labute approximate surface area is 245 Å². The molecule has 3 fully saturated rings. The normalized spacial score (nSPS) is 31.2. The molecule has 0 aromatic carbocycles. The minimum atomic E-state index is -1.18. The van der Waals surface area contributed by atoms with Crippen molar-refractivity contribution in [2.45, 2.75) is 56.6 Å². The summed E-state index contributed by atoms with van der Waals surface area (Å²) < 4.78 is 1.26. The number of aliphatic hydroxyl groups excluding tert-OH is 1. The number of nitrogens with zero attached hydrogens (tertiary/aromatic N) is 6. The molecule has 8 atom stereocenters. The van der Waals surface area contributed by atoms with Gasteiger partial charge < -0.3 is 36.4 Å². The number of β-lactam (4-membered cyclic amide) rings is 1. The van der Waals surface area contributed by atoms with Gasteiger partial charge >= 0.3 is 5.97 Å². The number of nitrogens with two attached hydrogens (primary N) is 1. The number of amidine groups is 1. The largest absolute Gasteiger partial charge is 0.477 e. The van der Waals surface area contributed by atoms with E-state index in [9.17, 15) is 29.4 Å². The summed E-state index contributed by atoms with van der Waals surface area (Å²) in [5.74, 6) is -3.00. The van der Waals surface area contributed by atoms with Gasteiger partial charge in [0.2, 0.25) is 17.7 Å². The summed E-state index contributed by atoms with van der Waals surface area (Å²) in [6.45, 7) is 4.75. The molecule has 0 spiro atoms. The van der Waals surface area contributed by atoms with Crippen LogP contribution in [0.15, 0.2) is 16.9 Å². The molecule has 5 rings (SSSR count). The second-order valence-corrected chi connectivity index (χ2v) is 12.8. The van der Waals surface area contributed by atoms with Crippen LogP contribution in [0.4, 0.5) is 0 Å². The van der Waals surface area contributed by atoms with Gasteiger partial charge in [0.25, 0.3) is 0 Å². The van der Waals surface area contributed by atoms with E-state index < -0.39 is 30.0 Å².